The molecule has 1 atom stereocenters. The second-order valence-electron chi connectivity index (χ2n) is 4.20. The van der Waals surface area contributed by atoms with Crippen LogP contribution < -0.4 is 0 Å². The molecular formula is C8H17O3P. The maximum atomic E-state index is 12.0. The number of hydrogen-bond acceptors (Lipinski definition) is 3. The summed E-state index contributed by atoms with van der Waals surface area (Å²) in [5.41, 5.74) is 0.0779. The molecule has 4 heteroatoms. The van der Waals surface area contributed by atoms with Crippen molar-refractivity contribution in [2.24, 2.45) is 5.41 Å². The third-order valence-electron chi connectivity index (χ3n) is 3.20. The topological polar surface area (TPSA) is 35.5 Å². The Bertz CT molecular complexity index is 228. The van der Waals surface area contributed by atoms with Crippen molar-refractivity contribution in [3.63, 3.8) is 0 Å². The van der Waals surface area contributed by atoms with Crippen LogP contribution in [0.4, 0.5) is 0 Å². The third-order valence-corrected chi connectivity index (χ3v) is 6.14. The lowest BCUT2D eigenvalue weighted by Gasteiger charge is -2.23. The van der Waals surface area contributed by atoms with Crippen LogP contribution in [-0.2, 0) is 13.6 Å². The van der Waals surface area contributed by atoms with Crippen LogP contribution in [-0.4, -0.2) is 19.4 Å². The maximum Gasteiger partial charge on any atom is 0.336 e. The minimum absolute atomic E-state index is 0.0779. The third kappa shape index (κ3) is 1.07. The lowest BCUT2D eigenvalue weighted by Crippen LogP contribution is -2.14. The molecule has 0 N–H and O–H groups in total. The molecule has 0 aromatic rings. The summed E-state index contributed by atoms with van der Waals surface area (Å²) < 4.78 is 22.0. The van der Waals surface area contributed by atoms with Gasteiger partial charge in [0.05, 0.1) is 5.16 Å². The Kier molecular flexibility index (Phi) is 2.19. The fourth-order valence-electron chi connectivity index (χ4n) is 1.76. The summed E-state index contributed by atoms with van der Waals surface area (Å²) in [6, 6.07) is 0. The molecule has 0 spiro atoms. The van der Waals surface area contributed by atoms with Crippen LogP contribution in [0.3, 0.4) is 0 Å². The monoisotopic (exact) mass is 192 g/mol. The molecule has 1 rings (SSSR count). The van der Waals surface area contributed by atoms with Crippen LogP contribution in [0.5, 0.6) is 0 Å². The van der Waals surface area contributed by atoms with Gasteiger partial charge >= 0.3 is 7.60 Å². The smallest absolute Gasteiger partial charge is 0.312 e. The zero-order valence-corrected chi connectivity index (χ0v) is 9.27. The highest BCUT2D eigenvalue weighted by atomic mass is 31.2. The predicted octanol–water partition coefficient (Wildman–Crippen LogP) is 2.66. The Morgan fingerprint density at radius 3 is 1.58 bits per heavy atom. The number of rotatable bonds is 3. The summed E-state index contributed by atoms with van der Waals surface area (Å²) in [4.78, 5) is 0. The van der Waals surface area contributed by atoms with Gasteiger partial charge in [-0.3, -0.25) is 4.57 Å². The summed E-state index contributed by atoms with van der Waals surface area (Å²) in [7, 11) is 0.0213. The molecule has 1 aliphatic rings. The Morgan fingerprint density at radius 1 is 1.17 bits per heavy atom. The lowest BCUT2D eigenvalue weighted by atomic mass is 10.1. The highest BCUT2D eigenvalue weighted by molar-refractivity contribution is 7.56. The van der Waals surface area contributed by atoms with Gasteiger partial charge in [-0.1, -0.05) is 13.8 Å². The highest BCUT2D eigenvalue weighted by Crippen LogP contribution is 2.78. The van der Waals surface area contributed by atoms with Crippen molar-refractivity contribution in [1.82, 2.24) is 0 Å². The first-order valence-corrected chi connectivity index (χ1v) is 5.59. The van der Waals surface area contributed by atoms with E-state index in [1.54, 1.807) is 0 Å². The second-order valence-corrected chi connectivity index (χ2v) is 6.91. The van der Waals surface area contributed by atoms with E-state index < -0.39 is 7.60 Å². The first-order valence-electron chi connectivity index (χ1n) is 4.04. The molecule has 1 saturated carbocycles. The van der Waals surface area contributed by atoms with Gasteiger partial charge in [-0.15, -0.1) is 0 Å². The molecule has 0 aliphatic heterocycles. The molecule has 0 aromatic heterocycles. The van der Waals surface area contributed by atoms with Gasteiger partial charge in [0.15, 0.2) is 0 Å². The van der Waals surface area contributed by atoms with Gasteiger partial charge in [-0.25, -0.2) is 0 Å². The standard InChI is InChI=1S/C8H17O3P/c1-7(2)6-8(7,3)12(9,10-4)11-5/h6H2,1-5H3. The second kappa shape index (κ2) is 2.57. The van der Waals surface area contributed by atoms with Crippen molar-refractivity contribution in [2.45, 2.75) is 32.3 Å². The van der Waals surface area contributed by atoms with E-state index in [0.717, 1.165) is 6.42 Å². The summed E-state index contributed by atoms with van der Waals surface area (Å²) in [5.74, 6) is 0. The molecule has 3 nitrogen and oxygen atoms in total. The van der Waals surface area contributed by atoms with E-state index in [2.05, 4.69) is 13.8 Å². The van der Waals surface area contributed by atoms with E-state index in [-0.39, 0.29) is 10.6 Å². The summed E-state index contributed by atoms with van der Waals surface area (Å²) in [5, 5.41) is -0.288. The minimum atomic E-state index is -2.88. The largest absolute Gasteiger partial charge is 0.336 e. The highest BCUT2D eigenvalue weighted by Gasteiger charge is 2.69. The van der Waals surface area contributed by atoms with Crippen molar-refractivity contribution < 1.29 is 13.6 Å². The van der Waals surface area contributed by atoms with E-state index in [9.17, 15) is 4.57 Å². The van der Waals surface area contributed by atoms with Crippen LogP contribution in [0.1, 0.15) is 27.2 Å². The first-order chi connectivity index (χ1) is 5.33. The minimum Gasteiger partial charge on any atom is -0.312 e. The molecule has 0 bridgehead atoms. The number of hydrogen-bond donors (Lipinski definition) is 0. The first kappa shape index (κ1) is 10.2. The summed E-state index contributed by atoms with van der Waals surface area (Å²) in [6.07, 6.45) is 0.902. The molecule has 1 fully saturated rings. The Balaban J connectivity index is 2.91. The molecule has 0 saturated heterocycles. The summed E-state index contributed by atoms with van der Waals surface area (Å²) in [6.45, 7) is 6.12. The van der Waals surface area contributed by atoms with Crippen molar-refractivity contribution in [1.29, 1.82) is 0 Å². The van der Waals surface area contributed by atoms with E-state index in [4.69, 9.17) is 9.05 Å². The Morgan fingerprint density at radius 2 is 1.50 bits per heavy atom. The normalized spacial score (nSPS) is 33.4. The molecule has 0 heterocycles. The molecule has 0 amide bonds. The molecule has 1 unspecified atom stereocenters. The van der Waals surface area contributed by atoms with Gasteiger partial charge in [0.25, 0.3) is 0 Å². The van der Waals surface area contributed by atoms with Crippen LogP contribution >= 0.6 is 7.60 Å². The zero-order valence-electron chi connectivity index (χ0n) is 8.38. The Hall–Kier alpha value is 0.150. The van der Waals surface area contributed by atoms with Gasteiger partial charge in [0, 0.05) is 14.2 Å². The predicted molar refractivity (Wildman–Crippen MR) is 48.4 cm³/mol. The summed E-state index contributed by atoms with van der Waals surface area (Å²) >= 11 is 0. The van der Waals surface area contributed by atoms with Crippen LogP contribution in [0.25, 0.3) is 0 Å². The molecule has 12 heavy (non-hydrogen) atoms. The van der Waals surface area contributed by atoms with Gasteiger partial charge in [0.2, 0.25) is 0 Å². The van der Waals surface area contributed by atoms with E-state index in [1.165, 1.54) is 14.2 Å². The average molecular weight is 192 g/mol. The van der Waals surface area contributed by atoms with E-state index in [0.29, 0.717) is 0 Å². The molecular weight excluding hydrogens is 175 g/mol. The fourth-order valence-corrected chi connectivity index (χ4v) is 4.05. The molecule has 72 valence electrons. The van der Waals surface area contributed by atoms with Crippen LogP contribution in [0.2, 0.25) is 0 Å². The maximum absolute atomic E-state index is 12.0. The molecule has 0 radical (unpaired) electrons. The van der Waals surface area contributed by atoms with Crippen molar-refractivity contribution in [3.8, 4) is 0 Å². The quantitative estimate of drug-likeness (QED) is 0.645. The Labute approximate surface area is 74.0 Å². The van der Waals surface area contributed by atoms with Crippen molar-refractivity contribution in [3.05, 3.63) is 0 Å². The van der Waals surface area contributed by atoms with Gasteiger partial charge in [-0.05, 0) is 18.8 Å². The van der Waals surface area contributed by atoms with Crippen molar-refractivity contribution >= 4 is 7.60 Å². The van der Waals surface area contributed by atoms with Gasteiger partial charge in [-0.2, -0.15) is 0 Å². The van der Waals surface area contributed by atoms with E-state index in [1.807, 2.05) is 6.92 Å². The van der Waals surface area contributed by atoms with E-state index >= 15 is 0 Å². The van der Waals surface area contributed by atoms with Crippen LogP contribution in [0.15, 0.2) is 0 Å². The molecule has 0 aromatic carbocycles. The average Bonchev–Trinajstić information content (AvgIpc) is 2.51. The zero-order chi connectivity index (χ0) is 9.62. The SMILES string of the molecule is COP(=O)(OC)C1(C)CC1(C)C. The van der Waals surface area contributed by atoms with Crippen LogP contribution in [0, 0.1) is 5.41 Å². The van der Waals surface area contributed by atoms with Gasteiger partial charge < -0.3 is 9.05 Å². The van der Waals surface area contributed by atoms with Crippen molar-refractivity contribution in [2.75, 3.05) is 14.2 Å². The fraction of sp³-hybridized carbons (Fsp3) is 1.00. The molecule has 1 aliphatic carbocycles. The lowest BCUT2D eigenvalue weighted by molar-refractivity contribution is 0.258. The van der Waals surface area contributed by atoms with Gasteiger partial charge in [0.1, 0.15) is 0 Å².